The van der Waals surface area contributed by atoms with Crippen LogP contribution in [-0.4, -0.2) is 12.1 Å². The molecule has 0 bridgehead atoms. The second-order valence-corrected chi connectivity index (χ2v) is 4.74. The Morgan fingerprint density at radius 2 is 1.87 bits per heavy atom. The van der Waals surface area contributed by atoms with E-state index < -0.39 is 0 Å². The summed E-state index contributed by atoms with van der Waals surface area (Å²) in [5, 5.41) is 0. The summed E-state index contributed by atoms with van der Waals surface area (Å²) in [6, 6.07) is 0.286. The molecular formula is C13H23NO. The highest BCUT2D eigenvalue weighted by atomic mass is 16.1. The van der Waals surface area contributed by atoms with Crippen LogP contribution in [0.4, 0.5) is 0 Å². The van der Waals surface area contributed by atoms with Crippen molar-refractivity contribution in [3.63, 3.8) is 0 Å². The maximum Gasteiger partial charge on any atom is 0.235 e. The zero-order valence-corrected chi connectivity index (χ0v) is 9.87. The molecule has 0 radical (unpaired) electrons. The fourth-order valence-corrected chi connectivity index (χ4v) is 2.50. The molecule has 1 saturated carbocycles. The van der Waals surface area contributed by atoms with Gasteiger partial charge in [-0.1, -0.05) is 39.0 Å². The highest BCUT2D eigenvalue weighted by molar-refractivity contribution is 5.33. The van der Waals surface area contributed by atoms with E-state index in [4.69, 9.17) is 0 Å². The van der Waals surface area contributed by atoms with E-state index in [2.05, 4.69) is 11.9 Å². The van der Waals surface area contributed by atoms with Gasteiger partial charge in [0.1, 0.15) is 0 Å². The largest absolute Gasteiger partial charge is 0.235 e. The molecule has 0 heterocycles. The van der Waals surface area contributed by atoms with Gasteiger partial charge < -0.3 is 0 Å². The summed E-state index contributed by atoms with van der Waals surface area (Å²) < 4.78 is 0. The smallest absolute Gasteiger partial charge is 0.211 e. The minimum absolute atomic E-state index is 0.286. The van der Waals surface area contributed by atoms with Gasteiger partial charge >= 0.3 is 0 Å². The lowest BCUT2D eigenvalue weighted by Crippen LogP contribution is -2.16. The summed E-state index contributed by atoms with van der Waals surface area (Å²) in [5.41, 5.74) is 0. The Morgan fingerprint density at radius 3 is 2.47 bits per heavy atom. The van der Waals surface area contributed by atoms with Crippen molar-refractivity contribution in [2.24, 2.45) is 10.9 Å². The van der Waals surface area contributed by atoms with Crippen LogP contribution < -0.4 is 0 Å². The predicted octanol–water partition coefficient (Wildman–Crippen LogP) is 3.85. The number of unbranched alkanes of at least 4 members (excludes halogenated alkanes) is 3. The van der Waals surface area contributed by atoms with E-state index >= 15 is 0 Å². The molecule has 0 amide bonds. The minimum atomic E-state index is 0.286. The standard InChI is InChI=1S/C13H23NO/c1-2-3-4-5-6-12-7-9-13(10-8-12)14-11-15/h12-13H,2-10H2,1H3. The average Bonchev–Trinajstić information content (AvgIpc) is 2.27. The normalized spacial score (nSPS) is 25.9. The van der Waals surface area contributed by atoms with Crippen LogP contribution in [0.25, 0.3) is 0 Å². The Kier molecular flexibility index (Phi) is 6.34. The molecule has 0 aliphatic heterocycles. The predicted molar refractivity (Wildman–Crippen MR) is 62.6 cm³/mol. The maximum atomic E-state index is 10.1. The topological polar surface area (TPSA) is 29.4 Å². The summed E-state index contributed by atoms with van der Waals surface area (Å²) in [4.78, 5) is 13.9. The van der Waals surface area contributed by atoms with Gasteiger partial charge in [-0.3, -0.25) is 0 Å². The van der Waals surface area contributed by atoms with Crippen molar-refractivity contribution < 1.29 is 4.79 Å². The monoisotopic (exact) mass is 209 g/mol. The van der Waals surface area contributed by atoms with E-state index in [1.54, 1.807) is 6.08 Å². The van der Waals surface area contributed by atoms with E-state index in [-0.39, 0.29) is 6.04 Å². The van der Waals surface area contributed by atoms with Crippen LogP contribution in [-0.2, 0) is 4.79 Å². The van der Waals surface area contributed by atoms with E-state index in [0.29, 0.717) is 0 Å². The summed E-state index contributed by atoms with van der Waals surface area (Å²) in [6.07, 6.45) is 13.3. The van der Waals surface area contributed by atoms with Crippen LogP contribution in [0.5, 0.6) is 0 Å². The second kappa shape index (κ2) is 7.64. The lowest BCUT2D eigenvalue weighted by molar-refractivity contribution is 0.303. The fraction of sp³-hybridized carbons (Fsp3) is 0.923. The first kappa shape index (κ1) is 12.4. The Morgan fingerprint density at radius 1 is 1.13 bits per heavy atom. The highest BCUT2D eigenvalue weighted by Crippen LogP contribution is 2.29. The summed E-state index contributed by atoms with van der Waals surface area (Å²) in [5.74, 6) is 0.903. The van der Waals surface area contributed by atoms with Gasteiger partial charge in [0.15, 0.2) is 0 Å². The Labute approximate surface area is 93.2 Å². The number of rotatable bonds is 6. The molecule has 2 nitrogen and oxygen atoms in total. The van der Waals surface area contributed by atoms with Crippen molar-refractivity contribution in [2.75, 3.05) is 0 Å². The van der Waals surface area contributed by atoms with Crippen molar-refractivity contribution in [2.45, 2.75) is 70.8 Å². The molecule has 0 saturated heterocycles. The molecule has 2 heteroatoms. The van der Waals surface area contributed by atoms with Crippen molar-refractivity contribution >= 4 is 6.08 Å². The van der Waals surface area contributed by atoms with E-state index in [1.165, 1.54) is 44.9 Å². The molecule has 1 fully saturated rings. The number of isocyanates is 1. The van der Waals surface area contributed by atoms with Crippen LogP contribution in [0.1, 0.15) is 64.7 Å². The van der Waals surface area contributed by atoms with E-state index in [1.807, 2.05) is 0 Å². The van der Waals surface area contributed by atoms with Gasteiger partial charge in [0.2, 0.25) is 6.08 Å². The molecule has 86 valence electrons. The molecule has 0 unspecified atom stereocenters. The zero-order valence-electron chi connectivity index (χ0n) is 9.87. The number of hydrogen-bond donors (Lipinski definition) is 0. The lowest BCUT2D eigenvalue weighted by Gasteiger charge is -2.25. The van der Waals surface area contributed by atoms with Crippen molar-refractivity contribution in [1.82, 2.24) is 0 Å². The van der Waals surface area contributed by atoms with Crippen LogP contribution in [0.2, 0.25) is 0 Å². The number of nitrogens with zero attached hydrogens (tertiary/aromatic N) is 1. The first-order chi connectivity index (χ1) is 7.36. The third-order valence-electron chi connectivity index (χ3n) is 3.52. The maximum absolute atomic E-state index is 10.1. The molecule has 0 aromatic rings. The summed E-state index contributed by atoms with van der Waals surface area (Å²) >= 11 is 0. The minimum Gasteiger partial charge on any atom is -0.211 e. The second-order valence-electron chi connectivity index (χ2n) is 4.74. The molecule has 1 aliphatic carbocycles. The molecule has 0 aromatic carbocycles. The lowest BCUT2D eigenvalue weighted by atomic mass is 9.83. The van der Waals surface area contributed by atoms with Gasteiger partial charge in [-0.2, -0.15) is 0 Å². The summed E-state index contributed by atoms with van der Waals surface area (Å²) in [7, 11) is 0. The molecule has 0 atom stereocenters. The first-order valence-corrected chi connectivity index (χ1v) is 6.43. The number of carbonyl (C=O) groups excluding carboxylic acids is 1. The van der Waals surface area contributed by atoms with Gasteiger partial charge in [0.25, 0.3) is 0 Å². The molecule has 0 N–H and O–H groups in total. The molecule has 1 aliphatic rings. The molecule has 0 aromatic heterocycles. The van der Waals surface area contributed by atoms with Gasteiger partial charge in [-0.25, -0.2) is 9.79 Å². The SMILES string of the molecule is CCCCCCC1CCC(N=C=O)CC1. The van der Waals surface area contributed by atoms with Crippen molar-refractivity contribution in [3.8, 4) is 0 Å². The zero-order chi connectivity index (χ0) is 10.9. The van der Waals surface area contributed by atoms with Gasteiger partial charge in [-0.15, -0.1) is 0 Å². The molecular weight excluding hydrogens is 186 g/mol. The molecule has 1 rings (SSSR count). The highest BCUT2D eigenvalue weighted by Gasteiger charge is 2.19. The van der Waals surface area contributed by atoms with E-state index in [0.717, 1.165) is 18.8 Å². The van der Waals surface area contributed by atoms with E-state index in [9.17, 15) is 4.79 Å². The van der Waals surface area contributed by atoms with Gasteiger partial charge in [0.05, 0.1) is 6.04 Å². The third kappa shape index (κ3) is 5.13. The number of aliphatic imine (C=N–C) groups is 1. The Bertz CT molecular complexity index is 201. The summed E-state index contributed by atoms with van der Waals surface area (Å²) in [6.45, 7) is 2.25. The quantitative estimate of drug-likeness (QED) is 0.371. The van der Waals surface area contributed by atoms with Crippen molar-refractivity contribution in [3.05, 3.63) is 0 Å². The van der Waals surface area contributed by atoms with Crippen LogP contribution in [0.3, 0.4) is 0 Å². The van der Waals surface area contributed by atoms with Crippen molar-refractivity contribution in [1.29, 1.82) is 0 Å². The van der Waals surface area contributed by atoms with Gasteiger partial charge in [0, 0.05) is 0 Å². The first-order valence-electron chi connectivity index (χ1n) is 6.43. The fourth-order valence-electron chi connectivity index (χ4n) is 2.50. The van der Waals surface area contributed by atoms with Crippen LogP contribution >= 0.6 is 0 Å². The average molecular weight is 209 g/mol. The number of hydrogen-bond acceptors (Lipinski definition) is 2. The Balaban J connectivity index is 2.06. The molecule has 15 heavy (non-hydrogen) atoms. The van der Waals surface area contributed by atoms with Crippen LogP contribution in [0.15, 0.2) is 4.99 Å². The molecule has 0 spiro atoms. The van der Waals surface area contributed by atoms with Gasteiger partial charge in [-0.05, 0) is 31.6 Å². The Hall–Kier alpha value is -0.620. The third-order valence-corrected chi connectivity index (χ3v) is 3.52. The van der Waals surface area contributed by atoms with Crippen LogP contribution in [0, 0.1) is 5.92 Å².